The summed E-state index contributed by atoms with van der Waals surface area (Å²) in [7, 11) is 1.69. The Morgan fingerprint density at radius 2 is 1.84 bits per heavy atom. The first-order chi connectivity index (χ1) is 9.19. The number of nitrogens with one attached hydrogen (secondary N) is 2. The second-order valence-electron chi connectivity index (χ2n) is 4.13. The molecule has 0 radical (unpaired) electrons. The molecule has 1 atom stereocenters. The highest BCUT2D eigenvalue weighted by atomic mass is 16.5. The summed E-state index contributed by atoms with van der Waals surface area (Å²) in [6.07, 6.45) is 0.547. The van der Waals surface area contributed by atoms with Crippen molar-refractivity contribution in [1.82, 2.24) is 0 Å². The van der Waals surface area contributed by atoms with Crippen LogP contribution in [0, 0.1) is 0 Å². The van der Waals surface area contributed by atoms with E-state index in [1.165, 1.54) is 0 Å². The highest BCUT2D eigenvalue weighted by molar-refractivity contribution is 5.84. The number of rotatable bonds is 7. The van der Waals surface area contributed by atoms with E-state index in [2.05, 4.69) is 17.6 Å². The Morgan fingerprint density at radius 3 is 2.37 bits per heavy atom. The van der Waals surface area contributed by atoms with Gasteiger partial charge in [-0.1, -0.05) is 6.92 Å². The van der Waals surface area contributed by atoms with E-state index in [-0.39, 0.29) is 6.04 Å². The number of hydrogen-bond acceptors (Lipinski definition) is 4. The lowest BCUT2D eigenvalue weighted by Gasteiger charge is -2.17. The number of ether oxygens (including phenoxy) is 2. The first-order valence-corrected chi connectivity index (χ1v) is 6.48. The van der Waals surface area contributed by atoms with Gasteiger partial charge in [-0.15, -0.1) is 0 Å². The van der Waals surface area contributed by atoms with Gasteiger partial charge in [-0.2, -0.15) is 0 Å². The highest BCUT2D eigenvalue weighted by Crippen LogP contribution is 2.15. The van der Waals surface area contributed by atoms with Crippen LogP contribution >= 0.6 is 0 Å². The van der Waals surface area contributed by atoms with Crippen LogP contribution in [0.3, 0.4) is 0 Å². The van der Waals surface area contributed by atoms with E-state index in [0.29, 0.717) is 18.9 Å². The van der Waals surface area contributed by atoms with E-state index in [4.69, 9.17) is 9.47 Å². The fourth-order valence-electron chi connectivity index (χ4n) is 1.63. The molecule has 19 heavy (non-hydrogen) atoms. The molecular weight excluding hydrogens is 244 g/mol. The summed E-state index contributed by atoms with van der Waals surface area (Å²) in [5, 5.41) is 6.02. The molecule has 1 unspecified atom stereocenters. The second kappa shape index (κ2) is 8.37. The van der Waals surface area contributed by atoms with Crippen molar-refractivity contribution < 1.29 is 14.3 Å². The zero-order valence-electron chi connectivity index (χ0n) is 11.7. The SMILES string of the molecule is CCOC(=O)Nc1ccc(NC(CC)COC)cc1. The Morgan fingerprint density at radius 1 is 1.21 bits per heavy atom. The Kier molecular flexibility index (Phi) is 6.74. The topological polar surface area (TPSA) is 59.6 Å². The summed E-state index contributed by atoms with van der Waals surface area (Å²) in [6.45, 7) is 4.90. The molecule has 0 fully saturated rings. The predicted molar refractivity (Wildman–Crippen MR) is 76.7 cm³/mol. The molecule has 0 bridgehead atoms. The van der Waals surface area contributed by atoms with E-state index in [1.54, 1.807) is 14.0 Å². The molecule has 106 valence electrons. The Labute approximate surface area is 114 Å². The number of carbonyl (C=O) groups is 1. The average Bonchev–Trinajstić information content (AvgIpc) is 2.40. The van der Waals surface area contributed by atoms with E-state index >= 15 is 0 Å². The van der Waals surface area contributed by atoms with Crippen molar-refractivity contribution in [2.24, 2.45) is 0 Å². The van der Waals surface area contributed by atoms with Crippen molar-refractivity contribution in [2.45, 2.75) is 26.3 Å². The van der Waals surface area contributed by atoms with Gasteiger partial charge in [0.05, 0.1) is 13.2 Å². The molecule has 0 spiro atoms. The maximum absolute atomic E-state index is 11.2. The van der Waals surface area contributed by atoms with Gasteiger partial charge in [0.2, 0.25) is 0 Å². The molecule has 5 nitrogen and oxygen atoms in total. The third-order valence-electron chi connectivity index (χ3n) is 2.64. The predicted octanol–water partition coefficient (Wildman–Crippen LogP) is 3.09. The summed E-state index contributed by atoms with van der Waals surface area (Å²) in [6, 6.07) is 7.78. The molecule has 0 heterocycles. The molecule has 1 amide bonds. The molecule has 1 aromatic carbocycles. The van der Waals surface area contributed by atoms with Crippen LogP contribution < -0.4 is 10.6 Å². The van der Waals surface area contributed by atoms with E-state index in [0.717, 1.165) is 12.1 Å². The minimum absolute atomic E-state index is 0.286. The van der Waals surface area contributed by atoms with Gasteiger partial charge in [-0.25, -0.2) is 4.79 Å². The van der Waals surface area contributed by atoms with Crippen LogP contribution in [-0.2, 0) is 9.47 Å². The van der Waals surface area contributed by atoms with Crippen LogP contribution in [0.2, 0.25) is 0 Å². The summed E-state index contributed by atoms with van der Waals surface area (Å²) >= 11 is 0. The van der Waals surface area contributed by atoms with Gasteiger partial charge in [0.25, 0.3) is 0 Å². The third-order valence-corrected chi connectivity index (χ3v) is 2.64. The number of anilines is 2. The maximum atomic E-state index is 11.2. The second-order valence-corrected chi connectivity index (χ2v) is 4.13. The number of methoxy groups -OCH3 is 1. The Balaban J connectivity index is 2.53. The lowest BCUT2D eigenvalue weighted by Crippen LogP contribution is -2.23. The van der Waals surface area contributed by atoms with Gasteiger partial charge in [-0.05, 0) is 37.6 Å². The first kappa shape index (κ1) is 15.3. The molecule has 2 N–H and O–H groups in total. The number of amides is 1. The van der Waals surface area contributed by atoms with Gasteiger partial charge in [0.1, 0.15) is 0 Å². The van der Waals surface area contributed by atoms with E-state index < -0.39 is 6.09 Å². The van der Waals surface area contributed by atoms with Crippen LogP contribution in [0.1, 0.15) is 20.3 Å². The quantitative estimate of drug-likeness (QED) is 0.796. The molecule has 0 saturated heterocycles. The molecule has 1 aromatic rings. The van der Waals surface area contributed by atoms with Gasteiger partial charge >= 0.3 is 6.09 Å². The van der Waals surface area contributed by atoms with E-state index in [9.17, 15) is 4.79 Å². The minimum atomic E-state index is -0.436. The molecule has 0 saturated carbocycles. The van der Waals surface area contributed by atoms with Crippen molar-refractivity contribution in [3.63, 3.8) is 0 Å². The third kappa shape index (κ3) is 5.61. The normalized spacial score (nSPS) is 11.7. The Hall–Kier alpha value is -1.75. The van der Waals surface area contributed by atoms with Crippen molar-refractivity contribution >= 4 is 17.5 Å². The van der Waals surface area contributed by atoms with Gasteiger partial charge in [-0.3, -0.25) is 5.32 Å². The van der Waals surface area contributed by atoms with Crippen LogP contribution in [0.15, 0.2) is 24.3 Å². The standard InChI is InChI=1S/C14H22N2O3/c1-4-11(10-18-3)15-12-6-8-13(9-7-12)16-14(17)19-5-2/h6-9,11,15H,4-5,10H2,1-3H3,(H,16,17). The largest absolute Gasteiger partial charge is 0.450 e. The summed E-state index contributed by atoms with van der Waals surface area (Å²) in [5.41, 5.74) is 1.71. The lowest BCUT2D eigenvalue weighted by molar-refractivity contribution is 0.168. The summed E-state index contributed by atoms with van der Waals surface area (Å²) in [5.74, 6) is 0. The monoisotopic (exact) mass is 266 g/mol. The molecule has 0 aliphatic carbocycles. The fraction of sp³-hybridized carbons (Fsp3) is 0.500. The summed E-state index contributed by atoms with van der Waals surface area (Å²) < 4.78 is 9.94. The van der Waals surface area contributed by atoms with Crippen molar-refractivity contribution in [1.29, 1.82) is 0 Å². The lowest BCUT2D eigenvalue weighted by atomic mass is 10.2. The van der Waals surface area contributed by atoms with Crippen LogP contribution in [0.4, 0.5) is 16.2 Å². The fourth-order valence-corrected chi connectivity index (χ4v) is 1.63. The average molecular weight is 266 g/mol. The van der Waals surface area contributed by atoms with Crippen molar-refractivity contribution in [3.8, 4) is 0 Å². The van der Waals surface area contributed by atoms with Crippen LogP contribution in [0.5, 0.6) is 0 Å². The van der Waals surface area contributed by atoms with Crippen molar-refractivity contribution in [2.75, 3.05) is 31.0 Å². The molecule has 0 aliphatic heterocycles. The van der Waals surface area contributed by atoms with Gasteiger partial charge in [0.15, 0.2) is 0 Å². The zero-order chi connectivity index (χ0) is 14.1. The number of carbonyl (C=O) groups excluding carboxylic acids is 1. The van der Waals surface area contributed by atoms with Crippen molar-refractivity contribution in [3.05, 3.63) is 24.3 Å². The van der Waals surface area contributed by atoms with Gasteiger partial charge < -0.3 is 14.8 Å². The minimum Gasteiger partial charge on any atom is -0.450 e. The molecule has 0 aromatic heterocycles. The molecule has 0 aliphatic rings. The van der Waals surface area contributed by atoms with Crippen LogP contribution in [-0.4, -0.2) is 32.5 Å². The first-order valence-electron chi connectivity index (χ1n) is 6.48. The Bertz CT molecular complexity index is 379. The molecule has 5 heteroatoms. The number of hydrogen-bond donors (Lipinski definition) is 2. The van der Waals surface area contributed by atoms with Crippen LogP contribution in [0.25, 0.3) is 0 Å². The maximum Gasteiger partial charge on any atom is 0.411 e. The number of benzene rings is 1. The summed E-state index contributed by atoms with van der Waals surface area (Å²) in [4.78, 5) is 11.2. The highest BCUT2D eigenvalue weighted by Gasteiger charge is 2.06. The smallest absolute Gasteiger partial charge is 0.411 e. The molecular formula is C14H22N2O3. The van der Waals surface area contributed by atoms with Gasteiger partial charge in [0, 0.05) is 24.5 Å². The molecule has 1 rings (SSSR count). The zero-order valence-corrected chi connectivity index (χ0v) is 11.7. The van der Waals surface area contributed by atoms with E-state index in [1.807, 2.05) is 24.3 Å².